The van der Waals surface area contributed by atoms with Crippen LogP contribution in [0.4, 0.5) is 11.6 Å². The van der Waals surface area contributed by atoms with E-state index in [2.05, 4.69) is 30.6 Å². The van der Waals surface area contributed by atoms with Gasteiger partial charge in [-0.25, -0.2) is 9.78 Å². The Balaban J connectivity index is 1.62. The Bertz CT molecular complexity index is 1040. The van der Waals surface area contributed by atoms with Gasteiger partial charge in [-0.15, -0.1) is 0 Å². The number of H-pyrrole nitrogens is 2. The maximum absolute atomic E-state index is 11.3. The molecule has 0 bridgehead atoms. The molecule has 2 atom stereocenters. The van der Waals surface area contributed by atoms with Crippen molar-refractivity contribution in [3.8, 4) is 0 Å². The predicted octanol–water partition coefficient (Wildman–Crippen LogP) is 1.93. The number of aromatic amines is 2. The largest absolute Gasteiger partial charge is 0.370 e. The molecule has 3 aromatic rings. The van der Waals surface area contributed by atoms with Gasteiger partial charge in [-0.1, -0.05) is 11.6 Å². The fourth-order valence-corrected chi connectivity index (χ4v) is 2.99. The molecule has 1 unspecified atom stereocenters. The zero-order chi connectivity index (χ0) is 17.6. The van der Waals surface area contributed by atoms with Gasteiger partial charge in [0.2, 0.25) is 5.95 Å². The van der Waals surface area contributed by atoms with E-state index >= 15 is 0 Å². The molecule has 128 valence electrons. The second kappa shape index (κ2) is 5.91. The average molecular weight is 359 g/mol. The average Bonchev–Trinajstić information content (AvgIpc) is 2.93. The summed E-state index contributed by atoms with van der Waals surface area (Å²) in [6, 6.07) is 5.17. The van der Waals surface area contributed by atoms with Gasteiger partial charge in [-0.3, -0.25) is 4.98 Å². The molecule has 2 aromatic heterocycles. The summed E-state index contributed by atoms with van der Waals surface area (Å²) in [7, 11) is 0. The first-order chi connectivity index (χ1) is 12.0. The molecule has 0 aliphatic carbocycles. The van der Waals surface area contributed by atoms with Gasteiger partial charge in [0.1, 0.15) is 11.7 Å². The molecule has 4 rings (SSSR count). The van der Waals surface area contributed by atoms with E-state index in [1.54, 1.807) is 6.07 Å². The number of nitrogens with one attached hydrogen (secondary N) is 4. The Morgan fingerprint density at radius 2 is 2.20 bits per heavy atom. The Morgan fingerprint density at radius 1 is 1.36 bits per heavy atom. The smallest absolute Gasteiger partial charge is 0.325 e. The number of fused-ring (bicyclic) bond motifs is 2. The molecule has 0 fully saturated rings. The minimum atomic E-state index is -0.841. The van der Waals surface area contributed by atoms with E-state index in [-0.39, 0.29) is 11.7 Å². The van der Waals surface area contributed by atoms with Crippen LogP contribution >= 0.6 is 11.6 Å². The molecule has 0 radical (unpaired) electrons. The van der Waals surface area contributed by atoms with Crippen molar-refractivity contribution in [2.24, 2.45) is 0 Å². The van der Waals surface area contributed by atoms with Crippen molar-refractivity contribution < 1.29 is 5.11 Å². The summed E-state index contributed by atoms with van der Waals surface area (Å²) in [6.45, 7) is 1.89. The maximum atomic E-state index is 11.3. The lowest BCUT2D eigenvalue weighted by molar-refractivity contribution is 0.234. The minimum absolute atomic E-state index is 0.252. The van der Waals surface area contributed by atoms with Crippen molar-refractivity contribution in [2.45, 2.75) is 19.2 Å². The number of nitrogens with zero attached hydrogens (tertiary/aromatic N) is 2. The van der Waals surface area contributed by atoms with E-state index in [1.165, 1.54) is 6.20 Å². The van der Waals surface area contributed by atoms with Gasteiger partial charge in [0.05, 0.1) is 12.2 Å². The molecule has 1 aliphatic heterocycles. The summed E-state index contributed by atoms with van der Waals surface area (Å²) >= 11 is 6.04. The monoisotopic (exact) mass is 358 g/mol. The molecular formula is C16H15ClN6O2. The number of imidazole rings is 1. The third kappa shape index (κ3) is 2.97. The predicted molar refractivity (Wildman–Crippen MR) is 96.7 cm³/mol. The van der Waals surface area contributed by atoms with Gasteiger partial charge in [0, 0.05) is 16.3 Å². The normalized spacial score (nSPS) is 17.6. The molecule has 0 saturated heterocycles. The zero-order valence-corrected chi connectivity index (χ0v) is 13.9. The van der Waals surface area contributed by atoms with Gasteiger partial charge >= 0.3 is 5.69 Å². The molecule has 25 heavy (non-hydrogen) atoms. The summed E-state index contributed by atoms with van der Waals surface area (Å²) < 4.78 is 0. The molecule has 0 amide bonds. The van der Waals surface area contributed by atoms with Crippen LogP contribution in [-0.2, 0) is 0 Å². The van der Waals surface area contributed by atoms with E-state index in [4.69, 9.17) is 11.6 Å². The highest BCUT2D eigenvalue weighted by atomic mass is 35.5. The van der Waals surface area contributed by atoms with Crippen molar-refractivity contribution in [3.05, 3.63) is 51.0 Å². The number of hydrogen-bond acceptors (Lipinski definition) is 6. The third-order valence-corrected chi connectivity index (χ3v) is 4.29. The van der Waals surface area contributed by atoms with Gasteiger partial charge in [-0.05, 0) is 36.8 Å². The van der Waals surface area contributed by atoms with Gasteiger partial charge < -0.3 is 20.7 Å². The molecular weight excluding hydrogens is 344 g/mol. The second-order valence-electron chi connectivity index (χ2n) is 5.82. The number of aromatic nitrogens is 4. The first-order valence-electron chi connectivity index (χ1n) is 7.67. The number of aliphatic hydroxyl groups is 1. The highest BCUT2D eigenvalue weighted by molar-refractivity contribution is 6.30. The van der Waals surface area contributed by atoms with E-state index in [1.807, 2.05) is 25.1 Å². The molecule has 8 nitrogen and oxygen atoms in total. The lowest BCUT2D eigenvalue weighted by Crippen LogP contribution is -2.34. The summed E-state index contributed by atoms with van der Waals surface area (Å²) in [5, 5.41) is 17.1. The standard InChI is InChI=1S/C16H15ClN6O2/c1-7(19-15-18-6-12-13(22-15)23-16(25)21-12)10-5-8-4-9(17)2-3-11(8)20-14(10)24/h2-7,14,20,24H,1H3,(H3,18,19,21,22,23,25)/t7-,14?/m0/s1. The second-order valence-corrected chi connectivity index (χ2v) is 6.26. The number of hydrogen-bond donors (Lipinski definition) is 5. The molecule has 5 N–H and O–H groups in total. The van der Waals surface area contributed by atoms with E-state index in [0.717, 1.165) is 16.8 Å². The van der Waals surface area contributed by atoms with Crippen LogP contribution in [0.5, 0.6) is 0 Å². The van der Waals surface area contributed by atoms with Crippen molar-refractivity contribution in [1.29, 1.82) is 0 Å². The molecule has 1 aliphatic rings. The molecule has 9 heteroatoms. The van der Waals surface area contributed by atoms with Crippen molar-refractivity contribution in [1.82, 2.24) is 19.9 Å². The summed E-state index contributed by atoms with van der Waals surface area (Å²) in [6.07, 6.45) is 2.57. The fourth-order valence-electron chi connectivity index (χ4n) is 2.81. The van der Waals surface area contributed by atoms with Gasteiger partial charge in [-0.2, -0.15) is 4.98 Å². The van der Waals surface area contributed by atoms with E-state index in [0.29, 0.717) is 22.1 Å². The van der Waals surface area contributed by atoms with Gasteiger partial charge in [0.25, 0.3) is 0 Å². The minimum Gasteiger partial charge on any atom is -0.370 e. The fraction of sp³-hybridized carbons (Fsp3) is 0.188. The number of rotatable bonds is 3. The van der Waals surface area contributed by atoms with Crippen LogP contribution in [-0.4, -0.2) is 37.3 Å². The SMILES string of the molecule is C[C@H](Nc1ncc2[nH]c(=O)[nH]c2n1)C1=Cc2cc(Cl)ccc2NC1O. The highest BCUT2D eigenvalue weighted by Crippen LogP contribution is 2.30. The first kappa shape index (κ1) is 15.7. The van der Waals surface area contributed by atoms with Crippen molar-refractivity contribution >= 4 is 40.5 Å². The van der Waals surface area contributed by atoms with Crippen LogP contribution < -0.4 is 16.3 Å². The van der Waals surface area contributed by atoms with Gasteiger partial charge in [0.15, 0.2) is 5.65 Å². The van der Waals surface area contributed by atoms with Crippen LogP contribution in [0.3, 0.4) is 0 Å². The lowest BCUT2D eigenvalue weighted by Gasteiger charge is -2.28. The van der Waals surface area contributed by atoms with Crippen LogP contribution in [0.2, 0.25) is 5.02 Å². The Morgan fingerprint density at radius 3 is 3.04 bits per heavy atom. The van der Waals surface area contributed by atoms with Crippen LogP contribution in [0, 0.1) is 0 Å². The maximum Gasteiger partial charge on any atom is 0.325 e. The summed E-state index contributed by atoms with van der Waals surface area (Å²) in [5.74, 6) is 0.347. The number of halogens is 1. The lowest BCUT2D eigenvalue weighted by atomic mass is 9.98. The van der Waals surface area contributed by atoms with Crippen LogP contribution in [0.15, 0.2) is 34.8 Å². The van der Waals surface area contributed by atoms with Crippen LogP contribution in [0.25, 0.3) is 17.2 Å². The number of anilines is 2. The van der Waals surface area contributed by atoms with Crippen LogP contribution in [0.1, 0.15) is 12.5 Å². The summed E-state index contributed by atoms with van der Waals surface area (Å²) in [4.78, 5) is 24.9. The quantitative estimate of drug-likeness (QED) is 0.488. The zero-order valence-electron chi connectivity index (χ0n) is 13.2. The first-order valence-corrected chi connectivity index (χ1v) is 8.04. The Hall–Kier alpha value is -2.84. The van der Waals surface area contributed by atoms with Crippen molar-refractivity contribution in [2.75, 3.05) is 10.6 Å². The Labute approximate surface area is 147 Å². The van der Waals surface area contributed by atoms with E-state index < -0.39 is 6.23 Å². The molecule has 3 heterocycles. The molecule has 0 saturated carbocycles. The van der Waals surface area contributed by atoms with E-state index in [9.17, 15) is 9.90 Å². The number of benzene rings is 1. The third-order valence-electron chi connectivity index (χ3n) is 4.06. The highest BCUT2D eigenvalue weighted by Gasteiger charge is 2.23. The Kier molecular flexibility index (Phi) is 3.70. The topological polar surface area (TPSA) is 119 Å². The van der Waals surface area contributed by atoms with Crippen molar-refractivity contribution in [3.63, 3.8) is 0 Å². The number of aliphatic hydroxyl groups excluding tert-OH is 1. The molecule has 0 spiro atoms. The summed E-state index contributed by atoms with van der Waals surface area (Å²) in [5.41, 5.74) is 3.05. The molecule has 1 aromatic carbocycles.